The molecule has 2 N–H and O–H groups in total. The Morgan fingerprint density at radius 2 is 2.05 bits per heavy atom. The van der Waals surface area contributed by atoms with Gasteiger partial charge in [-0.1, -0.05) is 18.2 Å². The van der Waals surface area contributed by atoms with E-state index >= 15 is 0 Å². The fourth-order valence-corrected chi connectivity index (χ4v) is 2.20. The van der Waals surface area contributed by atoms with Crippen molar-refractivity contribution < 1.29 is 4.79 Å². The van der Waals surface area contributed by atoms with Crippen LogP contribution in [0.3, 0.4) is 0 Å². The van der Waals surface area contributed by atoms with Gasteiger partial charge < -0.3 is 10.6 Å². The highest BCUT2D eigenvalue weighted by molar-refractivity contribution is 5.89. The van der Waals surface area contributed by atoms with Crippen molar-refractivity contribution in [3.63, 3.8) is 0 Å². The zero-order chi connectivity index (χ0) is 15.4. The number of nitrogens with one attached hydrogen (secondary N) is 2. The number of nitrogens with zero attached hydrogens (tertiary/aromatic N) is 2. The van der Waals surface area contributed by atoms with Gasteiger partial charge in [-0.15, -0.1) is 0 Å². The molecule has 1 aromatic heterocycles. The molecule has 1 aromatic carbocycles. The summed E-state index contributed by atoms with van der Waals surface area (Å²) in [6.45, 7) is 0.766. The van der Waals surface area contributed by atoms with Crippen LogP contribution in [0.25, 0.3) is 0 Å². The van der Waals surface area contributed by atoms with E-state index in [2.05, 4.69) is 15.6 Å². The topological polar surface area (TPSA) is 76.0 Å². The van der Waals surface area contributed by atoms with Gasteiger partial charge in [0, 0.05) is 30.8 Å². The lowest BCUT2D eigenvalue weighted by Gasteiger charge is -2.09. The van der Waals surface area contributed by atoms with Gasteiger partial charge in [0.25, 0.3) is 5.56 Å². The van der Waals surface area contributed by atoms with Crippen LogP contribution in [0.5, 0.6) is 0 Å². The molecule has 1 aliphatic rings. The summed E-state index contributed by atoms with van der Waals surface area (Å²) in [5.41, 5.74) is 1.55. The lowest BCUT2D eigenvalue weighted by molar-refractivity contribution is 0.251. The molecule has 1 aliphatic carbocycles. The zero-order valence-electron chi connectivity index (χ0n) is 12.2. The maximum Gasteiger partial charge on any atom is 0.319 e. The molecule has 0 radical (unpaired) electrons. The van der Waals surface area contributed by atoms with Crippen LogP contribution >= 0.6 is 0 Å². The largest absolute Gasteiger partial charge is 0.336 e. The number of carbonyl (C=O) groups is 1. The van der Waals surface area contributed by atoms with Gasteiger partial charge in [-0.25, -0.2) is 9.78 Å². The van der Waals surface area contributed by atoms with Gasteiger partial charge in [-0.2, -0.15) is 0 Å². The second-order valence-electron chi connectivity index (χ2n) is 5.37. The van der Waals surface area contributed by atoms with Crippen LogP contribution in [0, 0.1) is 0 Å². The highest BCUT2D eigenvalue weighted by atomic mass is 16.2. The van der Waals surface area contributed by atoms with Crippen LogP contribution in [-0.2, 0) is 6.54 Å². The number of urea groups is 1. The van der Waals surface area contributed by atoms with E-state index in [1.54, 1.807) is 12.4 Å². The Bertz CT molecular complexity index is 708. The third kappa shape index (κ3) is 3.72. The van der Waals surface area contributed by atoms with E-state index < -0.39 is 0 Å². The second-order valence-corrected chi connectivity index (χ2v) is 5.37. The zero-order valence-corrected chi connectivity index (χ0v) is 12.2. The molecule has 22 heavy (non-hydrogen) atoms. The van der Waals surface area contributed by atoms with Crippen molar-refractivity contribution >= 4 is 11.7 Å². The molecule has 0 saturated heterocycles. The summed E-state index contributed by atoms with van der Waals surface area (Å²) in [5, 5.41) is 5.44. The molecule has 0 atom stereocenters. The highest BCUT2D eigenvalue weighted by Crippen LogP contribution is 2.38. The molecule has 2 aromatic rings. The van der Waals surface area contributed by atoms with Gasteiger partial charge in [-0.05, 0) is 25.0 Å². The number of aromatic nitrogens is 2. The summed E-state index contributed by atoms with van der Waals surface area (Å²) in [6, 6.07) is 10.5. The predicted octanol–water partition coefficient (Wildman–Crippen LogP) is 1.94. The number of para-hydroxylation sites is 1. The van der Waals surface area contributed by atoms with Crippen LogP contribution in [0.4, 0.5) is 10.5 Å². The molecule has 0 unspecified atom stereocenters. The van der Waals surface area contributed by atoms with Crippen molar-refractivity contribution in [2.45, 2.75) is 25.3 Å². The molecule has 0 spiro atoms. The maximum atomic E-state index is 11.9. The third-order valence-corrected chi connectivity index (χ3v) is 3.57. The monoisotopic (exact) mass is 298 g/mol. The van der Waals surface area contributed by atoms with Crippen molar-refractivity contribution in [2.24, 2.45) is 0 Å². The molecule has 1 fully saturated rings. The quantitative estimate of drug-likeness (QED) is 0.885. The van der Waals surface area contributed by atoms with E-state index in [1.807, 2.05) is 30.3 Å². The number of carbonyl (C=O) groups excluding carboxylic acids is 1. The maximum absolute atomic E-state index is 11.9. The molecule has 6 heteroatoms. The Kier molecular flexibility index (Phi) is 4.18. The standard InChI is InChI=1S/C16H18N4O2/c21-15-10-14(12-6-7-12)18-11-20(15)9-8-17-16(22)19-13-4-2-1-3-5-13/h1-5,10-12H,6-9H2,(H2,17,19,22). The molecule has 6 nitrogen and oxygen atoms in total. The average molecular weight is 298 g/mol. The first-order valence-corrected chi connectivity index (χ1v) is 7.38. The van der Waals surface area contributed by atoms with E-state index in [0.29, 0.717) is 19.0 Å². The average Bonchev–Trinajstić information content (AvgIpc) is 3.34. The van der Waals surface area contributed by atoms with Crippen molar-refractivity contribution in [2.75, 3.05) is 11.9 Å². The number of anilines is 1. The molecule has 2 amide bonds. The van der Waals surface area contributed by atoms with E-state index in [4.69, 9.17) is 0 Å². The Balaban J connectivity index is 1.48. The Labute approximate surface area is 128 Å². The van der Waals surface area contributed by atoms with Crippen LogP contribution in [0.15, 0.2) is 47.5 Å². The third-order valence-electron chi connectivity index (χ3n) is 3.57. The lowest BCUT2D eigenvalue weighted by Crippen LogP contribution is -2.33. The predicted molar refractivity (Wildman–Crippen MR) is 83.9 cm³/mol. The molecule has 1 saturated carbocycles. The Morgan fingerprint density at radius 3 is 2.73 bits per heavy atom. The fourth-order valence-electron chi connectivity index (χ4n) is 2.20. The van der Waals surface area contributed by atoms with Crippen LogP contribution in [0.2, 0.25) is 0 Å². The van der Waals surface area contributed by atoms with E-state index in [-0.39, 0.29) is 11.6 Å². The number of hydrogen-bond acceptors (Lipinski definition) is 3. The van der Waals surface area contributed by atoms with E-state index in [9.17, 15) is 9.59 Å². The van der Waals surface area contributed by atoms with Crippen molar-refractivity contribution in [1.82, 2.24) is 14.9 Å². The summed E-state index contributed by atoms with van der Waals surface area (Å²) in [7, 11) is 0. The lowest BCUT2D eigenvalue weighted by atomic mass is 10.3. The summed E-state index contributed by atoms with van der Waals surface area (Å²) < 4.78 is 1.51. The van der Waals surface area contributed by atoms with Crippen molar-refractivity contribution in [3.05, 3.63) is 58.8 Å². The number of amides is 2. The molecule has 1 heterocycles. The summed E-state index contributed by atoms with van der Waals surface area (Å²) in [4.78, 5) is 27.9. The van der Waals surface area contributed by atoms with Gasteiger partial charge in [0.05, 0.1) is 12.0 Å². The molecule has 0 aliphatic heterocycles. The van der Waals surface area contributed by atoms with Gasteiger partial charge in [0.15, 0.2) is 0 Å². The molecule has 114 valence electrons. The number of hydrogen-bond donors (Lipinski definition) is 2. The van der Waals surface area contributed by atoms with Crippen LogP contribution in [0.1, 0.15) is 24.5 Å². The molecular weight excluding hydrogens is 280 g/mol. The van der Waals surface area contributed by atoms with E-state index in [0.717, 1.165) is 24.2 Å². The molecule has 3 rings (SSSR count). The SMILES string of the molecule is O=C(NCCn1cnc(C2CC2)cc1=O)Nc1ccccc1. The first-order valence-electron chi connectivity index (χ1n) is 7.38. The first-order chi connectivity index (χ1) is 10.7. The number of rotatable bonds is 5. The minimum absolute atomic E-state index is 0.0674. The summed E-state index contributed by atoms with van der Waals surface area (Å²) in [6.07, 6.45) is 3.81. The minimum atomic E-state index is -0.290. The van der Waals surface area contributed by atoms with Gasteiger partial charge in [0.1, 0.15) is 0 Å². The smallest absolute Gasteiger partial charge is 0.319 e. The van der Waals surface area contributed by atoms with Gasteiger partial charge >= 0.3 is 6.03 Å². The van der Waals surface area contributed by atoms with Gasteiger partial charge in [-0.3, -0.25) is 9.36 Å². The van der Waals surface area contributed by atoms with Crippen LogP contribution in [-0.4, -0.2) is 22.1 Å². The molecule has 0 bridgehead atoms. The fraction of sp³-hybridized carbons (Fsp3) is 0.312. The normalized spacial score (nSPS) is 13.6. The Morgan fingerprint density at radius 1 is 1.27 bits per heavy atom. The second kappa shape index (κ2) is 6.43. The number of benzene rings is 1. The minimum Gasteiger partial charge on any atom is -0.336 e. The van der Waals surface area contributed by atoms with Gasteiger partial charge in [0.2, 0.25) is 0 Å². The van der Waals surface area contributed by atoms with Crippen molar-refractivity contribution in [3.8, 4) is 0 Å². The Hall–Kier alpha value is -2.63. The molecular formula is C16H18N4O2. The van der Waals surface area contributed by atoms with Crippen molar-refractivity contribution in [1.29, 1.82) is 0 Å². The summed E-state index contributed by atoms with van der Waals surface area (Å²) >= 11 is 0. The summed E-state index contributed by atoms with van der Waals surface area (Å²) in [5.74, 6) is 0.470. The van der Waals surface area contributed by atoms with Crippen LogP contribution < -0.4 is 16.2 Å². The highest BCUT2D eigenvalue weighted by Gasteiger charge is 2.25. The first kappa shape index (κ1) is 14.3. The van der Waals surface area contributed by atoms with E-state index in [1.165, 1.54) is 4.57 Å².